The molecule has 2 amide bonds. The zero-order chi connectivity index (χ0) is 17.6. The number of carbonyl (C=O) groups is 3. The van der Waals surface area contributed by atoms with E-state index in [1.807, 2.05) is 0 Å². The largest absolute Gasteiger partial charge is 0.483 e. The van der Waals surface area contributed by atoms with Crippen LogP contribution >= 0.6 is 0 Å². The van der Waals surface area contributed by atoms with Crippen LogP contribution in [0, 0.1) is 5.92 Å². The summed E-state index contributed by atoms with van der Waals surface area (Å²) in [6, 6.07) is 13.6. The number of carbonyl (C=O) groups excluding carboxylic acids is 3. The SMILES string of the molecule is O=Cc1ccccc1OCC(=O)Nc1ccc(NC(=O)C2CC2)cc1. The van der Waals surface area contributed by atoms with Gasteiger partial charge >= 0.3 is 0 Å². The molecule has 1 aliphatic rings. The average Bonchev–Trinajstić information content (AvgIpc) is 3.47. The van der Waals surface area contributed by atoms with Crippen LogP contribution in [0.5, 0.6) is 5.75 Å². The van der Waals surface area contributed by atoms with Crippen LogP contribution < -0.4 is 15.4 Å². The van der Waals surface area contributed by atoms with Gasteiger partial charge in [-0.3, -0.25) is 14.4 Å². The molecule has 1 fully saturated rings. The van der Waals surface area contributed by atoms with Crippen molar-refractivity contribution < 1.29 is 19.1 Å². The Kier molecular flexibility index (Phi) is 5.09. The molecular weight excluding hydrogens is 320 g/mol. The molecule has 1 saturated carbocycles. The number of nitrogens with one attached hydrogen (secondary N) is 2. The Balaban J connectivity index is 1.50. The first kappa shape index (κ1) is 16.7. The van der Waals surface area contributed by atoms with Crippen LogP contribution in [0.3, 0.4) is 0 Å². The van der Waals surface area contributed by atoms with Crippen LogP contribution in [0.1, 0.15) is 23.2 Å². The summed E-state index contributed by atoms with van der Waals surface area (Å²) in [4.78, 5) is 34.5. The first-order chi connectivity index (χ1) is 12.2. The quantitative estimate of drug-likeness (QED) is 0.760. The molecule has 128 valence electrons. The van der Waals surface area contributed by atoms with E-state index in [1.54, 1.807) is 48.5 Å². The van der Waals surface area contributed by atoms with Crippen LogP contribution in [0.15, 0.2) is 48.5 Å². The fourth-order valence-corrected chi connectivity index (χ4v) is 2.28. The van der Waals surface area contributed by atoms with E-state index >= 15 is 0 Å². The minimum Gasteiger partial charge on any atom is -0.483 e. The summed E-state index contributed by atoms with van der Waals surface area (Å²) >= 11 is 0. The van der Waals surface area contributed by atoms with E-state index in [0.717, 1.165) is 12.8 Å². The number of amides is 2. The van der Waals surface area contributed by atoms with Crippen LogP contribution in [-0.2, 0) is 9.59 Å². The van der Waals surface area contributed by atoms with Crippen molar-refractivity contribution in [1.29, 1.82) is 0 Å². The van der Waals surface area contributed by atoms with Crippen molar-refractivity contribution in [3.63, 3.8) is 0 Å². The standard InChI is InChI=1S/C19H18N2O4/c22-11-14-3-1-2-4-17(14)25-12-18(23)20-15-7-9-16(10-8-15)21-19(24)13-5-6-13/h1-4,7-11,13H,5-6,12H2,(H,20,23)(H,21,24). The Morgan fingerprint density at radius 1 is 1.00 bits per heavy atom. The first-order valence-corrected chi connectivity index (χ1v) is 8.03. The molecule has 0 bridgehead atoms. The van der Waals surface area contributed by atoms with Crippen LogP contribution in [0.25, 0.3) is 0 Å². The minimum atomic E-state index is -0.338. The zero-order valence-electron chi connectivity index (χ0n) is 13.5. The highest BCUT2D eigenvalue weighted by Gasteiger charge is 2.29. The molecule has 2 aromatic rings. The Morgan fingerprint density at radius 3 is 2.28 bits per heavy atom. The number of rotatable bonds is 7. The maximum Gasteiger partial charge on any atom is 0.262 e. The van der Waals surface area contributed by atoms with E-state index in [0.29, 0.717) is 29.0 Å². The molecule has 2 N–H and O–H groups in total. The molecule has 0 radical (unpaired) electrons. The maximum absolute atomic E-state index is 12.0. The lowest BCUT2D eigenvalue weighted by atomic mass is 10.2. The fourth-order valence-electron chi connectivity index (χ4n) is 2.28. The van der Waals surface area contributed by atoms with E-state index in [2.05, 4.69) is 10.6 Å². The van der Waals surface area contributed by atoms with Crippen LogP contribution in [0.2, 0.25) is 0 Å². The summed E-state index contributed by atoms with van der Waals surface area (Å²) in [5.74, 6) is 0.214. The number of ether oxygens (including phenoxy) is 1. The molecule has 6 nitrogen and oxygen atoms in total. The molecule has 0 aliphatic heterocycles. The lowest BCUT2D eigenvalue weighted by Gasteiger charge is -2.10. The van der Waals surface area contributed by atoms with Crippen molar-refractivity contribution in [3.05, 3.63) is 54.1 Å². The third-order valence-corrected chi connectivity index (χ3v) is 3.79. The summed E-state index contributed by atoms with van der Waals surface area (Å²) < 4.78 is 5.37. The van der Waals surface area contributed by atoms with Gasteiger partial charge in [-0.15, -0.1) is 0 Å². The Hall–Kier alpha value is -3.15. The van der Waals surface area contributed by atoms with E-state index in [1.165, 1.54) is 0 Å². The van der Waals surface area contributed by atoms with Gasteiger partial charge in [0.1, 0.15) is 5.75 Å². The molecule has 1 aliphatic carbocycles. The number of para-hydroxylation sites is 1. The molecule has 0 spiro atoms. The Bertz CT molecular complexity index is 782. The normalized spacial score (nSPS) is 13.0. The van der Waals surface area contributed by atoms with Gasteiger partial charge in [-0.2, -0.15) is 0 Å². The summed E-state index contributed by atoms with van der Waals surface area (Å²) in [5, 5.41) is 5.53. The predicted octanol–water partition coefficient (Wildman–Crippen LogP) is 2.87. The first-order valence-electron chi connectivity index (χ1n) is 8.03. The second-order valence-corrected chi connectivity index (χ2v) is 5.83. The van der Waals surface area contributed by atoms with Gasteiger partial charge in [0.2, 0.25) is 5.91 Å². The van der Waals surface area contributed by atoms with Crippen LogP contribution in [0.4, 0.5) is 11.4 Å². The van der Waals surface area contributed by atoms with Crippen LogP contribution in [-0.4, -0.2) is 24.7 Å². The molecule has 0 saturated heterocycles. The smallest absolute Gasteiger partial charge is 0.262 e. The zero-order valence-corrected chi connectivity index (χ0v) is 13.5. The van der Waals surface area contributed by atoms with Crippen molar-refractivity contribution in [2.45, 2.75) is 12.8 Å². The summed E-state index contributed by atoms with van der Waals surface area (Å²) in [5.41, 5.74) is 1.69. The van der Waals surface area contributed by atoms with Gasteiger partial charge in [0.05, 0.1) is 5.56 Å². The predicted molar refractivity (Wildman–Crippen MR) is 93.7 cm³/mol. The monoisotopic (exact) mass is 338 g/mol. The Morgan fingerprint density at radius 2 is 1.64 bits per heavy atom. The molecule has 0 aromatic heterocycles. The molecule has 25 heavy (non-hydrogen) atoms. The maximum atomic E-state index is 12.0. The third-order valence-electron chi connectivity index (χ3n) is 3.79. The summed E-state index contributed by atoms with van der Waals surface area (Å²) in [6.07, 6.45) is 2.59. The highest BCUT2D eigenvalue weighted by molar-refractivity contribution is 5.95. The highest BCUT2D eigenvalue weighted by Crippen LogP contribution is 2.30. The van der Waals surface area contributed by atoms with Crippen molar-refractivity contribution >= 4 is 29.5 Å². The number of hydrogen-bond acceptors (Lipinski definition) is 4. The highest BCUT2D eigenvalue weighted by atomic mass is 16.5. The molecular formula is C19H18N2O4. The van der Waals surface area contributed by atoms with E-state index in [9.17, 15) is 14.4 Å². The minimum absolute atomic E-state index is 0.0408. The molecule has 6 heteroatoms. The molecule has 3 rings (SSSR count). The lowest BCUT2D eigenvalue weighted by Crippen LogP contribution is -2.20. The van der Waals surface area contributed by atoms with E-state index < -0.39 is 0 Å². The number of anilines is 2. The second-order valence-electron chi connectivity index (χ2n) is 5.83. The van der Waals surface area contributed by atoms with Crippen molar-refractivity contribution in [2.75, 3.05) is 17.2 Å². The number of aldehydes is 1. The third kappa shape index (κ3) is 4.67. The average molecular weight is 338 g/mol. The summed E-state index contributed by atoms with van der Waals surface area (Å²) in [6.45, 7) is -0.203. The van der Waals surface area contributed by atoms with Crippen molar-refractivity contribution in [3.8, 4) is 5.75 Å². The van der Waals surface area contributed by atoms with Gasteiger partial charge in [0.15, 0.2) is 12.9 Å². The Labute approximate surface area is 145 Å². The topological polar surface area (TPSA) is 84.5 Å². The van der Waals surface area contributed by atoms with Crippen molar-refractivity contribution in [2.24, 2.45) is 5.92 Å². The summed E-state index contributed by atoms with van der Waals surface area (Å²) in [7, 11) is 0. The van der Waals surface area contributed by atoms with Gasteiger partial charge in [0.25, 0.3) is 5.91 Å². The van der Waals surface area contributed by atoms with E-state index in [4.69, 9.17) is 4.74 Å². The van der Waals surface area contributed by atoms with Gasteiger partial charge in [-0.25, -0.2) is 0 Å². The van der Waals surface area contributed by atoms with Crippen molar-refractivity contribution in [1.82, 2.24) is 0 Å². The fraction of sp³-hybridized carbons (Fsp3) is 0.211. The van der Waals surface area contributed by atoms with E-state index in [-0.39, 0.29) is 24.3 Å². The van der Waals surface area contributed by atoms with Gasteiger partial charge in [-0.1, -0.05) is 12.1 Å². The molecule has 0 unspecified atom stereocenters. The lowest BCUT2D eigenvalue weighted by molar-refractivity contribution is -0.118. The van der Waals surface area contributed by atoms with Gasteiger partial charge in [-0.05, 0) is 49.2 Å². The second kappa shape index (κ2) is 7.61. The molecule has 2 aromatic carbocycles. The number of hydrogen-bond donors (Lipinski definition) is 2. The molecule has 0 heterocycles. The molecule has 0 atom stereocenters. The van der Waals surface area contributed by atoms with Gasteiger partial charge in [0, 0.05) is 17.3 Å². The van der Waals surface area contributed by atoms with Gasteiger partial charge < -0.3 is 15.4 Å². The number of benzene rings is 2.